The Balaban J connectivity index is 1.17. The summed E-state index contributed by atoms with van der Waals surface area (Å²) in [6, 6.07) is 12.4. The zero-order valence-electron chi connectivity index (χ0n) is 28.9. The van der Waals surface area contributed by atoms with Gasteiger partial charge in [-0.05, 0) is 47.4 Å². The van der Waals surface area contributed by atoms with Gasteiger partial charge in [0.2, 0.25) is 5.91 Å². The number of halogens is 2. The SMILES string of the molecule is COc1cccc(/C=C/c2cc(C3=CCCN(C(=O)CCn4ccnn4)C3)c(F)c3[nH]c(C(=O)N4CCN(c5ncc(F)cc5OC)CC4)cc23)c1. The number of nitrogens with zero attached hydrogens (tertiary/aromatic N) is 7. The lowest BCUT2D eigenvalue weighted by atomic mass is 9.95. The van der Waals surface area contributed by atoms with Crippen LogP contribution in [0.2, 0.25) is 0 Å². The lowest BCUT2D eigenvalue weighted by molar-refractivity contribution is -0.131. The topological polar surface area (TPSA) is 122 Å². The van der Waals surface area contributed by atoms with Gasteiger partial charge < -0.3 is 29.2 Å². The number of nitrogens with one attached hydrogen (secondary N) is 1. The molecule has 1 fully saturated rings. The smallest absolute Gasteiger partial charge is 0.270 e. The molecular formula is C38H38F2N8O4. The molecule has 2 aliphatic heterocycles. The Kier molecular flexibility index (Phi) is 9.96. The second kappa shape index (κ2) is 15.1. The standard InChI is InChI=1S/C38H38F2N8O4/c1-51-29-7-3-5-25(19-29)8-9-26-20-30(27-6-4-12-47(24-27)34(49)10-13-48-14-11-42-44-48)35(40)36-31(26)22-32(43-36)38(50)46-17-15-45(16-18-46)37-33(52-2)21-28(39)23-41-37/h3,5-9,11,14,19-23,43H,4,10,12-13,15-18,24H2,1-2H3/b9-8+. The number of aromatic nitrogens is 5. The van der Waals surface area contributed by atoms with E-state index < -0.39 is 11.6 Å². The van der Waals surface area contributed by atoms with Gasteiger partial charge in [-0.15, -0.1) is 5.10 Å². The van der Waals surface area contributed by atoms with Crippen molar-refractivity contribution >= 4 is 46.3 Å². The predicted molar refractivity (Wildman–Crippen MR) is 193 cm³/mol. The Morgan fingerprint density at radius 3 is 2.60 bits per heavy atom. The second-order valence-electron chi connectivity index (χ2n) is 12.6. The highest BCUT2D eigenvalue weighted by Gasteiger charge is 2.28. The van der Waals surface area contributed by atoms with Crippen LogP contribution in [0, 0.1) is 11.6 Å². The number of carbonyl (C=O) groups excluding carboxylic acids is 2. The van der Waals surface area contributed by atoms with Gasteiger partial charge in [0.15, 0.2) is 17.4 Å². The van der Waals surface area contributed by atoms with Gasteiger partial charge >= 0.3 is 0 Å². The van der Waals surface area contributed by atoms with Crippen LogP contribution in [0.25, 0.3) is 28.6 Å². The maximum atomic E-state index is 16.6. The molecule has 1 saturated heterocycles. The van der Waals surface area contributed by atoms with Crippen molar-refractivity contribution in [3.8, 4) is 11.5 Å². The summed E-state index contributed by atoms with van der Waals surface area (Å²) in [7, 11) is 3.07. The van der Waals surface area contributed by atoms with Crippen molar-refractivity contribution in [1.82, 2.24) is 34.8 Å². The summed E-state index contributed by atoms with van der Waals surface area (Å²) in [6.45, 7) is 2.85. The zero-order chi connectivity index (χ0) is 36.2. The molecule has 14 heteroatoms. The molecule has 52 heavy (non-hydrogen) atoms. The molecule has 2 aromatic carbocycles. The number of ether oxygens (including phenoxy) is 2. The van der Waals surface area contributed by atoms with E-state index in [9.17, 15) is 14.0 Å². The Morgan fingerprint density at radius 1 is 0.981 bits per heavy atom. The first-order valence-corrected chi connectivity index (χ1v) is 17.0. The number of piperazine rings is 1. The fourth-order valence-electron chi connectivity index (χ4n) is 6.67. The van der Waals surface area contributed by atoms with Crippen LogP contribution in [0.1, 0.15) is 40.0 Å². The molecule has 12 nitrogen and oxygen atoms in total. The van der Waals surface area contributed by atoms with Crippen LogP contribution in [0.5, 0.6) is 11.5 Å². The fourth-order valence-corrected chi connectivity index (χ4v) is 6.67. The van der Waals surface area contributed by atoms with E-state index in [-0.39, 0.29) is 36.0 Å². The largest absolute Gasteiger partial charge is 0.497 e. The molecule has 2 amide bonds. The Hall–Kier alpha value is -6.05. The number of pyridine rings is 1. The third-order valence-corrected chi connectivity index (χ3v) is 9.43. The summed E-state index contributed by atoms with van der Waals surface area (Å²) >= 11 is 0. The number of benzene rings is 2. The third kappa shape index (κ3) is 7.22. The van der Waals surface area contributed by atoms with Crippen molar-refractivity contribution in [2.24, 2.45) is 0 Å². The Morgan fingerprint density at radius 2 is 1.83 bits per heavy atom. The first kappa shape index (κ1) is 34.4. The molecule has 1 N–H and O–H groups in total. The monoisotopic (exact) mass is 708 g/mol. The summed E-state index contributed by atoms with van der Waals surface area (Å²) in [5.74, 6) is 0.235. The van der Waals surface area contributed by atoms with E-state index in [0.717, 1.165) is 11.8 Å². The van der Waals surface area contributed by atoms with Gasteiger partial charge in [-0.1, -0.05) is 35.6 Å². The Bertz CT molecular complexity index is 2160. The highest BCUT2D eigenvalue weighted by molar-refractivity contribution is 6.02. The average Bonchev–Trinajstić information content (AvgIpc) is 3.88. The first-order valence-electron chi connectivity index (χ1n) is 17.0. The Labute approximate surface area is 298 Å². The fraction of sp³-hybridized carbons (Fsp3) is 0.289. The molecule has 5 heterocycles. The number of hydrogen-bond acceptors (Lipinski definition) is 8. The summed E-state index contributed by atoms with van der Waals surface area (Å²) in [6.07, 6.45) is 11.0. The normalized spacial score (nSPS) is 15.0. The number of hydrogen-bond donors (Lipinski definition) is 1. The summed E-state index contributed by atoms with van der Waals surface area (Å²) in [5, 5.41) is 8.28. The molecular weight excluding hydrogens is 670 g/mol. The predicted octanol–water partition coefficient (Wildman–Crippen LogP) is 5.29. The minimum atomic E-state index is -0.494. The van der Waals surface area contributed by atoms with Gasteiger partial charge in [0.25, 0.3) is 5.91 Å². The molecule has 3 aromatic heterocycles. The van der Waals surface area contributed by atoms with E-state index in [1.807, 2.05) is 47.4 Å². The van der Waals surface area contributed by atoms with Gasteiger partial charge in [-0.25, -0.2) is 13.8 Å². The summed E-state index contributed by atoms with van der Waals surface area (Å²) < 4.78 is 42.7. The van der Waals surface area contributed by atoms with Crippen LogP contribution in [0.3, 0.4) is 0 Å². The van der Waals surface area contributed by atoms with Crippen molar-refractivity contribution in [2.75, 3.05) is 58.4 Å². The van der Waals surface area contributed by atoms with E-state index >= 15 is 4.39 Å². The van der Waals surface area contributed by atoms with Gasteiger partial charge in [-0.3, -0.25) is 14.3 Å². The van der Waals surface area contributed by atoms with Crippen LogP contribution < -0.4 is 14.4 Å². The maximum absolute atomic E-state index is 16.6. The molecule has 268 valence electrons. The number of fused-ring (bicyclic) bond motifs is 1. The quantitative estimate of drug-likeness (QED) is 0.195. The van der Waals surface area contributed by atoms with Gasteiger partial charge in [-0.2, -0.15) is 0 Å². The van der Waals surface area contributed by atoms with Crippen LogP contribution in [0.15, 0.2) is 67.1 Å². The van der Waals surface area contributed by atoms with Crippen molar-refractivity contribution in [3.63, 3.8) is 0 Å². The van der Waals surface area contributed by atoms with Crippen LogP contribution in [0.4, 0.5) is 14.6 Å². The van der Waals surface area contributed by atoms with E-state index in [4.69, 9.17) is 9.47 Å². The van der Waals surface area contributed by atoms with E-state index in [0.29, 0.717) is 85.1 Å². The number of aryl methyl sites for hydroxylation is 1. The average molecular weight is 709 g/mol. The second-order valence-corrected chi connectivity index (χ2v) is 12.6. The van der Waals surface area contributed by atoms with E-state index in [2.05, 4.69) is 20.3 Å². The molecule has 0 bridgehead atoms. The van der Waals surface area contributed by atoms with Crippen molar-refractivity contribution in [1.29, 1.82) is 0 Å². The maximum Gasteiger partial charge on any atom is 0.270 e. The lowest BCUT2D eigenvalue weighted by Crippen LogP contribution is -2.49. The van der Waals surface area contributed by atoms with Gasteiger partial charge in [0, 0.05) is 68.9 Å². The zero-order valence-corrected chi connectivity index (χ0v) is 28.9. The minimum absolute atomic E-state index is 0.0535. The highest BCUT2D eigenvalue weighted by atomic mass is 19.1. The van der Waals surface area contributed by atoms with Crippen LogP contribution >= 0.6 is 0 Å². The number of carbonyl (C=O) groups is 2. The van der Waals surface area contributed by atoms with Crippen molar-refractivity contribution < 1.29 is 27.8 Å². The number of rotatable bonds is 10. The molecule has 0 atom stereocenters. The molecule has 5 aromatic rings. The number of anilines is 1. The van der Waals surface area contributed by atoms with Gasteiger partial charge in [0.1, 0.15) is 17.3 Å². The van der Waals surface area contributed by atoms with Crippen LogP contribution in [-0.2, 0) is 11.3 Å². The molecule has 2 aliphatic rings. The van der Waals surface area contributed by atoms with Crippen molar-refractivity contribution in [2.45, 2.75) is 19.4 Å². The molecule has 0 spiro atoms. The first-order chi connectivity index (χ1) is 25.3. The third-order valence-electron chi connectivity index (χ3n) is 9.43. The van der Waals surface area contributed by atoms with Crippen LogP contribution in [-0.4, -0.2) is 100 Å². The molecule has 0 radical (unpaired) electrons. The number of aromatic amines is 1. The number of amides is 2. The van der Waals surface area contributed by atoms with Crippen molar-refractivity contribution in [3.05, 3.63) is 101 Å². The number of H-pyrrole nitrogens is 1. The van der Waals surface area contributed by atoms with E-state index in [1.165, 1.54) is 13.2 Å². The minimum Gasteiger partial charge on any atom is -0.497 e. The van der Waals surface area contributed by atoms with E-state index in [1.54, 1.807) is 46.1 Å². The summed E-state index contributed by atoms with van der Waals surface area (Å²) in [5.41, 5.74) is 3.12. The molecule has 7 rings (SSSR count). The lowest BCUT2D eigenvalue weighted by Gasteiger charge is -2.35. The number of methoxy groups -OCH3 is 2. The molecule has 0 saturated carbocycles. The summed E-state index contributed by atoms with van der Waals surface area (Å²) in [4.78, 5) is 39.7. The highest BCUT2D eigenvalue weighted by Crippen LogP contribution is 2.34. The van der Waals surface area contributed by atoms with Gasteiger partial charge in [0.05, 0.1) is 38.7 Å². The molecule has 0 unspecified atom stereocenters. The molecule has 0 aliphatic carbocycles.